The topological polar surface area (TPSA) is 83.5 Å². The van der Waals surface area contributed by atoms with Crippen molar-refractivity contribution in [1.29, 1.82) is 0 Å². The van der Waals surface area contributed by atoms with Crippen molar-refractivity contribution >= 4 is 5.97 Å². The number of carbonyl (C=O) groups excluding carboxylic acids is 1. The molecule has 3 aromatic rings. The maximum atomic E-state index is 11.6. The van der Waals surface area contributed by atoms with Crippen LogP contribution >= 0.6 is 0 Å². The standard InChI is InChI=1S/C30H36O7/c1-4-8-23-21-27(37-26-15-13-24(33-3)14-16-26)17-18-28(23)36-20-7-6-19-35-25-11-9-22(10-12-25)29(31)30(32)34-5-2/h9-18,21,29,31H,4-8,19-20H2,1-3H3. The summed E-state index contributed by atoms with van der Waals surface area (Å²) in [5, 5.41) is 9.99. The SMILES string of the molecule is CCCc1cc(Oc2ccc(OC)cc2)ccc1OCCCCOc1ccc(C(O)C(=O)OCC)cc1. The van der Waals surface area contributed by atoms with Crippen LogP contribution in [0.5, 0.6) is 28.7 Å². The lowest BCUT2D eigenvalue weighted by Gasteiger charge is -2.14. The van der Waals surface area contributed by atoms with Crippen molar-refractivity contribution in [2.45, 2.75) is 45.6 Å². The summed E-state index contributed by atoms with van der Waals surface area (Å²) in [6, 6.07) is 20.2. The highest BCUT2D eigenvalue weighted by Crippen LogP contribution is 2.30. The molecule has 0 aliphatic rings. The largest absolute Gasteiger partial charge is 0.497 e. The van der Waals surface area contributed by atoms with E-state index in [1.54, 1.807) is 38.3 Å². The Kier molecular flexibility index (Phi) is 11.1. The number of hydrogen-bond donors (Lipinski definition) is 1. The number of rotatable bonds is 15. The number of esters is 1. The summed E-state index contributed by atoms with van der Waals surface area (Å²) < 4.78 is 27.9. The van der Waals surface area contributed by atoms with E-state index in [2.05, 4.69) is 6.92 Å². The fourth-order valence-electron chi connectivity index (χ4n) is 3.68. The first-order chi connectivity index (χ1) is 18.0. The van der Waals surface area contributed by atoms with Crippen LogP contribution in [-0.4, -0.2) is 38.0 Å². The van der Waals surface area contributed by atoms with E-state index < -0.39 is 12.1 Å². The summed E-state index contributed by atoms with van der Waals surface area (Å²) in [6.07, 6.45) is 2.29. The van der Waals surface area contributed by atoms with Crippen LogP contribution < -0.4 is 18.9 Å². The summed E-state index contributed by atoms with van der Waals surface area (Å²) in [6.45, 7) is 5.20. The van der Waals surface area contributed by atoms with Gasteiger partial charge in [0.25, 0.3) is 0 Å². The highest BCUT2D eigenvalue weighted by atomic mass is 16.5. The number of aliphatic hydroxyl groups is 1. The number of unbranched alkanes of at least 4 members (excludes halogenated alkanes) is 1. The Morgan fingerprint density at radius 1 is 0.811 bits per heavy atom. The van der Waals surface area contributed by atoms with Gasteiger partial charge in [0.2, 0.25) is 0 Å². The Labute approximate surface area is 218 Å². The molecule has 1 atom stereocenters. The highest BCUT2D eigenvalue weighted by molar-refractivity contribution is 5.76. The average Bonchev–Trinajstić information content (AvgIpc) is 2.92. The summed E-state index contributed by atoms with van der Waals surface area (Å²) in [5.74, 6) is 3.21. The lowest BCUT2D eigenvalue weighted by Crippen LogP contribution is -2.15. The van der Waals surface area contributed by atoms with Gasteiger partial charge in [-0.3, -0.25) is 0 Å². The molecule has 0 fully saturated rings. The third-order valence-corrected chi connectivity index (χ3v) is 5.62. The Balaban J connectivity index is 1.42. The van der Waals surface area contributed by atoms with Crippen LogP contribution in [0.4, 0.5) is 0 Å². The zero-order valence-electron chi connectivity index (χ0n) is 21.8. The van der Waals surface area contributed by atoms with Crippen molar-refractivity contribution < 1.29 is 33.6 Å². The predicted molar refractivity (Wildman–Crippen MR) is 142 cm³/mol. The number of carbonyl (C=O) groups is 1. The number of methoxy groups -OCH3 is 1. The lowest BCUT2D eigenvalue weighted by molar-refractivity contribution is -0.153. The van der Waals surface area contributed by atoms with Gasteiger partial charge in [0, 0.05) is 0 Å². The van der Waals surface area contributed by atoms with Gasteiger partial charge < -0.3 is 28.8 Å². The van der Waals surface area contributed by atoms with E-state index in [0.29, 0.717) is 24.5 Å². The molecule has 0 aliphatic heterocycles. The van der Waals surface area contributed by atoms with Crippen LogP contribution in [0.1, 0.15) is 50.3 Å². The molecule has 37 heavy (non-hydrogen) atoms. The second-order valence-corrected chi connectivity index (χ2v) is 8.42. The average molecular weight is 509 g/mol. The molecule has 0 spiro atoms. The normalized spacial score (nSPS) is 11.5. The summed E-state index contributed by atoms with van der Waals surface area (Å²) in [5.41, 5.74) is 1.59. The minimum absolute atomic E-state index is 0.227. The van der Waals surface area contributed by atoms with Gasteiger partial charge in [-0.1, -0.05) is 25.5 Å². The molecular formula is C30H36O7. The van der Waals surface area contributed by atoms with Gasteiger partial charge >= 0.3 is 5.97 Å². The molecule has 3 rings (SSSR count). The fraction of sp³-hybridized carbons (Fsp3) is 0.367. The minimum atomic E-state index is -1.29. The van der Waals surface area contributed by atoms with Gasteiger partial charge in [-0.25, -0.2) is 4.79 Å². The number of benzene rings is 3. The molecule has 0 aromatic heterocycles. The number of aryl methyl sites for hydroxylation is 1. The molecule has 0 heterocycles. The highest BCUT2D eigenvalue weighted by Gasteiger charge is 2.18. The first-order valence-corrected chi connectivity index (χ1v) is 12.7. The maximum Gasteiger partial charge on any atom is 0.339 e. The van der Waals surface area contributed by atoms with Crippen molar-refractivity contribution in [3.8, 4) is 28.7 Å². The van der Waals surface area contributed by atoms with Crippen LogP contribution in [0.3, 0.4) is 0 Å². The van der Waals surface area contributed by atoms with Crippen molar-refractivity contribution in [2.24, 2.45) is 0 Å². The Morgan fingerprint density at radius 2 is 1.43 bits per heavy atom. The third kappa shape index (κ3) is 8.72. The van der Waals surface area contributed by atoms with Gasteiger partial charge in [-0.15, -0.1) is 0 Å². The number of hydrogen-bond acceptors (Lipinski definition) is 7. The first-order valence-electron chi connectivity index (χ1n) is 12.7. The second kappa shape index (κ2) is 14.8. The van der Waals surface area contributed by atoms with Gasteiger partial charge in [0.15, 0.2) is 6.10 Å². The lowest BCUT2D eigenvalue weighted by atomic mass is 10.1. The van der Waals surface area contributed by atoms with E-state index in [1.165, 1.54) is 0 Å². The zero-order chi connectivity index (χ0) is 26.5. The van der Waals surface area contributed by atoms with Gasteiger partial charge in [-0.05, 0) is 91.9 Å². The van der Waals surface area contributed by atoms with Crippen LogP contribution in [0.15, 0.2) is 66.7 Å². The van der Waals surface area contributed by atoms with Crippen molar-refractivity contribution in [1.82, 2.24) is 0 Å². The zero-order valence-corrected chi connectivity index (χ0v) is 21.8. The van der Waals surface area contributed by atoms with Crippen molar-refractivity contribution in [2.75, 3.05) is 26.9 Å². The van der Waals surface area contributed by atoms with Gasteiger partial charge in [0.05, 0.1) is 26.9 Å². The molecule has 0 bridgehead atoms. The minimum Gasteiger partial charge on any atom is -0.497 e. The molecule has 0 radical (unpaired) electrons. The molecule has 0 amide bonds. The van der Waals surface area contributed by atoms with E-state index in [1.807, 2.05) is 42.5 Å². The van der Waals surface area contributed by atoms with E-state index in [-0.39, 0.29) is 6.61 Å². The summed E-state index contributed by atoms with van der Waals surface area (Å²) >= 11 is 0. The summed E-state index contributed by atoms with van der Waals surface area (Å²) in [4.78, 5) is 11.6. The quantitative estimate of drug-likeness (QED) is 0.191. The molecule has 7 heteroatoms. The summed E-state index contributed by atoms with van der Waals surface area (Å²) in [7, 11) is 1.64. The molecule has 0 saturated heterocycles. The van der Waals surface area contributed by atoms with Crippen molar-refractivity contribution in [3.05, 3.63) is 77.9 Å². The first kappa shape index (κ1) is 27.9. The van der Waals surface area contributed by atoms with E-state index >= 15 is 0 Å². The molecule has 1 N–H and O–H groups in total. The molecule has 198 valence electrons. The van der Waals surface area contributed by atoms with Crippen molar-refractivity contribution in [3.63, 3.8) is 0 Å². The molecular weight excluding hydrogens is 472 g/mol. The molecule has 7 nitrogen and oxygen atoms in total. The van der Waals surface area contributed by atoms with Gasteiger partial charge in [0.1, 0.15) is 28.7 Å². The maximum absolute atomic E-state index is 11.6. The molecule has 0 saturated carbocycles. The monoisotopic (exact) mass is 508 g/mol. The van der Waals surface area contributed by atoms with E-state index in [0.717, 1.165) is 54.2 Å². The van der Waals surface area contributed by atoms with Crippen LogP contribution in [-0.2, 0) is 16.0 Å². The fourth-order valence-corrected chi connectivity index (χ4v) is 3.68. The predicted octanol–water partition coefficient (Wildman–Crippen LogP) is 6.27. The Hall–Kier alpha value is -3.71. The van der Waals surface area contributed by atoms with E-state index in [4.69, 9.17) is 23.7 Å². The van der Waals surface area contributed by atoms with Crippen LogP contribution in [0.25, 0.3) is 0 Å². The molecule has 1 unspecified atom stereocenters. The van der Waals surface area contributed by atoms with E-state index in [9.17, 15) is 9.90 Å². The van der Waals surface area contributed by atoms with Crippen LogP contribution in [0.2, 0.25) is 0 Å². The van der Waals surface area contributed by atoms with Crippen LogP contribution in [0, 0.1) is 0 Å². The number of ether oxygens (including phenoxy) is 5. The Morgan fingerprint density at radius 3 is 2.08 bits per heavy atom. The molecule has 0 aliphatic carbocycles. The van der Waals surface area contributed by atoms with Gasteiger partial charge in [-0.2, -0.15) is 0 Å². The molecule has 3 aromatic carbocycles. The Bertz CT molecular complexity index is 1090. The smallest absolute Gasteiger partial charge is 0.339 e. The second-order valence-electron chi connectivity index (χ2n) is 8.42. The number of aliphatic hydroxyl groups excluding tert-OH is 1. The third-order valence-electron chi connectivity index (χ3n) is 5.62.